The lowest BCUT2D eigenvalue weighted by atomic mass is 10.2. The minimum atomic E-state index is -4.65. The maximum Gasteiger partial charge on any atom is 0.522 e. The van der Waals surface area contributed by atoms with Crippen LogP contribution < -0.4 is 4.74 Å². The summed E-state index contributed by atoms with van der Waals surface area (Å²) in [5.41, 5.74) is 0.646. The van der Waals surface area contributed by atoms with Crippen LogP contribution in [0.5, 0.6) is 5.75 Å². The summed E-state index contributed by atoms with van der Waals surface area (Å²) >= 11 is 6.40. The summed E-state index contributed by atoms with van der Waals surface area (Å²) in [6.45, 7) is -0.978. The number of halogens is 5. The highest BCUT2D eigenvalue weighted by atomic mass is 79.9. The van der Waals surface area contributed by atoms with E-state index >= 15 is 0 Å². The van der Waals surface area contributed by atoms with Gasteiger partial charge in [0.05, 0.1) is 22.2 Å². The summed E-state index contributed by atoms with van der Waals surface area (Å²) in [4.78, 5) is 0. The van der Waals surface area contributed by atoms with Crippen LogP contribution in [0, 0.1) is 0 Å². The van der Waals surface area contributed by atoms with E-state index in [0.29, 0.717) is 20.3 Å². The van der Waals surface area contributed by atoms with E-state index in [4.69, 9.17) is 9.84 Å². The van der Waals surface area contributed by atoms with Gasteiger partial charge in [-0.2, -0.15) is 0 Å². The molecule has 0 aliphatic heterocycles. The molecule has 8 heteroatoms. The van der Waals surface area contributed by atoms with E-state index in [0.717, 1.165) is 0 Å². The zero-order valence-electron chi connectivity index (χ0n) is 8.93. The van der Waals surface area contributed by atoms with Gasteiger partial charge < -0.3 is 9.84 Å². The third-order valence-corrected chi connectivity index (χ3v) is 3.01. The highest BCUT2D eigenvalue weighted by Crippen LogP contribution is 2.34. The zero-order chi connectivity index (χ0) is 13.8. The average molecular weight is 394 g/mol. The van der Waals surface area contributed by atoms with Crippen molar-refractivity contribution in [3.8, 4) is 5.75 Å². The van der Waals surface area contributed by atoms with E-state index < -0.39 is 13.0 Å². The van der Waals surface area contributed by atoms with E-state index in [2.05, 4.69) is 36.6 Å². The molecular weight excluding hydrogens is 385 g/mol. The molecule has 0 saturated heterocycles. The second-order valence-electron chi connectivity index (χ2n) is 3.19. The number of hydrogen-bond donors (Lipinski definition) is 1. The standard InChI is InChI=1S/C10H9Br2F3O3/c11-7-3-6(5-16)4-8(12)9(7)17-1-2-18-10(13,14)15/h3-4,16H,1-2,5H2. The largest absolute Gasteiger partial charge is 0.522 e. The van der Waals surface area contributed by atoms with Crippen LogP contribution in [0.3, 0.4) is 0 Å². The van der Waals surface area contributed by atoms with Gasteiger partial charge in [-0.05, 0) is 49.6 Å². The fourth-order valence-electron chi connectivity index (χ4n) is 1.14. The number of alkyl halides is 3. The molecule has 1 aromatic carbocycles. The van der Waals surface area contributed by atoms with Crippen molar-refractivity contribution < 1.29 is 27.8 Å². The molecule has 0 amide bonds. The van der Waals surface area contributed by atoms with Gasteiger partial charge in [-0.1, -0.05) is 0 Å². The van der Waals surface area contributed by atoms with Crippen LogP contribution >= 0.6 is 31.9 Å². The molecule has 1 N–H and O–H groups in total. The molecule has 1 rings (SSSR count). The molecule has 0 aromatic heterocycles. The Labute approximate surface area is 118 Å². The van der Waals surface area contributed by atoms with Crippen molar-refractivity contribution in [2.24, 2.45) is 0 Å². The molecule has 0 fully saturated rings. The van der Waals surface area contributed by atoms with Gasteiger partial charge in [-0.15, -0.1) is 13.2 Å². The molecule has 0 bridgehead atoms. The van der Waals surface area contributed by atoms with Crippen LogP contribution in [0.15, 0.2) is 21.1 Å². The number of aliphatic hydroxyl groups is 1. The number of ether oxygens (including phenoxy) is 2. The minimum Gasteiger partial charge on any atom is -0.489 e. The Balaban J connectivity index is 2.57. The fraction of sp³-hybridized carbons (Fsp3) is 0.400. The van der Waals surface area contributed by atoms with Crippen molar-refractivity contribution in [2.45, 2.75) is 13.0 Å². The Morgan fingerprint density at radius 2 is 1.67 bits per heavy atom. The smallest absolute Gasteiger partial charge is 0.489 e. The normalized spacial score (nSPS) is 11.7. The lowest BCUT2D eigenvalue weighted by Gasteiger charge is -2.12. The number of hydrogen-bond acceptors (Lipinski definition) is 3. The Morgan fingerprint density at radius 1 is 1.11 bits per heavy atom. The van der Waals surface area contributed by atoms with Crippen molar-refractivity contribution in [1.82, 2.24) is 0 Å². The zero-order valence-corrected chi connectivity index (χ0v) is 12.1. The van der Waals surface area contributed by atoms with E-state index in [1.54, 1.807) is 12.1 Å². The average Bonchev–Trinajstić information content (AvgIpc) is 2.25. The Hall–Kier alpha value is -0.310. The molecule has 0 spiro atoms. The van der Waals surface area contributed by atoms with Gasteiger partial charge in [0.25, 0.3) is 0 Å². The summed E-state index contributed by atoms with van der Waals surface area (Å²) < 4.78 is 45.0. The van der Waals surface area contributed by atoms with E-state index in [-0.39, 0.29) is 13.2 Å². The first-order valence-electron chi connectivity index (χ1n) is 4.75. The van der Waals surface area contributed by atoms with Crippen molar-refractivity contribution in [3.63, 3.8) is 0 Å². The van der Waals surface area contributed by atoms with E-state index in [9.17, 15) is 13.2 Å². The molecule has 0 aliphatic carbocycles. The number of aliphatic hydroxyl groups excluding tert-OH is 1. The minimum absolute atomic E-state index is 0.144. The summed E-state index contributed by atoms with van der Waals surface area (Å²) in [5, 5.41) is 8.95. The summed E-state index contributed by atoms with van der Waals surface area (Å²) in [6, 6.07) is 3.23. The van der Waals surface area contributed by atoms with Crippen LogP contribution in [0.4, 0.5) is 13.2 Å². The second-order valence-corrected chi connectivity index (χ2v) is 4.90. The molecule has 3 nitrogen and oxygen atoms in total. The van der Waals surface area contributed by atoms with Crippen LogP contribution in [0.2, 0.25) is 0 Å². The van der Waals surface area contributed by atoms with Gasteiger partial charge in [-0.3, -0.25) is 4.74 Å². The van der Waals surface area contributed by atoms with Gasteiger partial charge in [0, 0.05) is 0 Å². The summed E-state index contributed by atoms with van der Waals surface area (Å²) in [7, 11) is 0. The highest BCUT2D eigenvalue weighted by molar-refractivity contribution is 9.11. The van der Waals surface area contributed by atoms with Crippen LogP contribution in [0.25, 0.3) is 0 Å². The first kappa shape index (κ1) is 15.7. The van der Waals surface area contributed by atoms with Gasteiger partial charge in [0.15, 0.2) is 0 Å². The predicted octanol–water partition coefficient (Wildman–Crippen LogP) is 3.62. The second kappa shape index (κ2) is 6.74. The lowest BCUT2D eigenvalue weighted by Crippen LogP contribution is -2.18. The van der Waals surface area contributed by atoms with Crippen molar-refractivity contribution in [3.05, 3.63) is 26.6 Å². The first-order valence-corrected chi connectivity index (χ1v) is 6.34. The van der Waals surface area contributed by atoms with Crippen LogP contribution in [0.1, 0.15) is 5.56 Å². The molecule has 0 aliphatic rings. The molecule has 18 heavy (non-hydrogen) atoms. The monoisotopic (exact) mass is 392 g/mol. The Kier molecular flexibility index (Phi) is 5.90. The maximum atomic E-state index is 11.7. The van der Waals surface area contributed by atoms with Gasteiger partial charge in [0.1, 0.15) is 12.4 Å². The Bertz CT molecular complexity index is 387. The van der Waals surface area contributed by atoms with Crippen LogP contribution in [-0.4, -0.2) is 24.7 Å². The number of benzene rings is 1. The quantitative estimate of drug-likeness (QED) is 0.776. The molecule has 0 heterocycles. The predicted molar refractivity (Wildman–Crippen MR) is 65.3 cm³/mol. The molecule has 0 radical (unpaired) electrons. The van der Waals surface area contributed by atoms with Gasteiger partial charge in [0.2, 0.25) is 0 Å². The van der Waals surface area contributed by atoms with Crippen molar-refractivity contribution in [1.29, 1.82) is 0 Å². The van der Waals surface area contributed by atoms with Gasteiger partial charge >= 0.3 is 6.36 Å². The van der Waals surface area contributed by atoms with Gasteiger partial charge in [-0.25, -0.2) is 0 Å². The molecule has 0 saturated carbocycles. The molecule has 102 valence electrons. The lowest BCUT2D eigenvalue weighted by molar-refractivity contribution is -0.325. The topological polar surface area (TPSA) is 38.7 Å². The highest BCUT2D eigenvalue weighted by Gasteiger charge is 2.28. The molecule has 0 unspecified atom stereocenters. The van der Waals surface area contributed by atoms with Crippen LogP contribution in [-0.2, 0) is 11.3 Å². The SMILES string of the molecule is OCc1cc(Br)c(OCCOC(F)(F)F)c(Br)c1. The third kappa shape index (κ3) is 5.13. The first-order chi connectivity index (χ1) is 8.33. The third-order valence-electron chi connectivity index (χ3n) is 1.84. The van der Waals surface area contributed by atoms with E-state index in [1.165, 1.54) is 0 Å². The Morgan fingerprint density at radius 3 is 2.11 bits per heavy atom. The number of rotatable bonds is 5. The fourth-order valence-corrected chi connectivity index (χ4v) is 2.65. The van der Waals surface area contributed by atoms with Crippen molar-refractivity contribution in [2.75, 3.05) is 13.2 Å². The maximum absolute atomic E-state index is 11.7. The molecule has 1 aromatic rings. The summed E-state index contributed by atoms with van der Waals surface area (Å²) in [6.07, 6.45) is -4.65. The summed E-state index contributed by atoms with van der Waals surface area (Å²) in [5.74, 6) is 0.359. The molecular formula is C10H9Br2F3O3. The molecule has 0 atom stereocenters. The van der Waals surface area contributed by atoms with Crippen molar-refractivity contribution >= 4 is 31.9 Å². The van der Waals surface area contributed by atoms with E-state index in [1.807, 2.05) is 0 Å².